The van der Waals surface area contributed by atoms with Gasteiger partial charge in [-0.15, -0.1) is 23.5 Å². The molecule has 0 radical (unpaired) electrons. The van der Waals surface area contributed by atoms with Crippen molar-refractivity contribution >= 4 is 52.3 Å². The molecule has 0 N–H and O–H groups in total. The van der Waals surface area contributed by atoms with Gasteiger partial charge in [0.2, 0.25) is 0 Å². The lowest BCUT2D eigenvalue weighted by molar-refractivity contribution is -0.0519. The summed E-state index contributed by atoms with van der Waals surface area (Å²) in [6, 6.07) is 18.5. The number of hydrogen-bond donors (Lipinski definition) is 0. The zero-order chi connectivity index (χ0) is 34.2. The third-order valence-electron chi connectivity index (χ3n) is 14.3. The van der Waals surface area contributed by atoms with E-state index in [9.17, 15) is 0 Å². The molecule has 8 atom stereocenters. The molecule has 1 saturated carbocycles. The molecule has 4 heteroatoms. The minimum atomic E-state index is 0.294. The zero-order valence-corrected chi connectivity index (χ0v) is 31.9. The molecular formula is C48H50N2S2. The molecule has 264 valence electrons. The van der Waals surface area contributed by atoms with Crippen molar-refractivity contribution in [2.24, 2.45) is 34.1 Å². The molecule has 5 aliphatic carbocycles. The van der Waals surface area contributed by atoms with Gasteiger partial charge >= 0.3 is 0 Å². The lowest BCUT2D eigenvalue weighted by Gasteiger charge is -2.67. The summed E-state index contributed by atoms with van der Waals surface area (Å²) >= 11 is 4.68. The number of nitrogens with zero attached hydrogens (tertiary/aromatic N) is 2. The maximum Gasteiger partial charge on any atom is 0.0655 e. The summed E-state index contributed by atoms with van der Waals surface area (Å²) in [7, 11) is 0. The SMILES string of the molecule is C1=Cc2c(n(-c3ccccc3)c3c(C4=CCCC5C4SC4C=C(C6=CCCC=N6)C=CC4C54C5CCCC=C5SC5CCCCC54)cccc23)CC1. The second kappa shape index (κ2) is 13.0. The predicted octanol–water partition coefficient (Wildman–Crippen LogP) is 12.7. The number of rotatable bonds is 3. The summed E-state index contributed by atoms with van der Waals surface area (Å²) < 4.78 is 2.66. The highest BCUT2D eigenvalue weighted by molar-refractivity contribution is 8.03. The molecule has 8 unspecified atom stereocenters. The molecule has 2 nitrogen and oxygen atoms in total. The number of allylic oxidation sites excluding steroid dienone is 7. The maximum atomic E-state index is 4.95. The lowest BCUT2D eigenvalue weighted by Crippen LogP contribution is -2.63. The summed E-state index contributed by atoms with van der Waals surface area (Å²) in [6.07, 6.45) is 39.3. The molecule has 3 aromatic rings. The van der Waals surface area contributed by atoms with E-state index in [1.54, 1.807) is 10.5 Å². The van der Waals surface area contributed by atoms with E-state index in [1.165, 1.54) is 102 Å². The van der Waals surface area contributed by atoms with Crippen molar-refractivity contribution in [3.8, 4) is 5.69 Å². The molecule has 2 aromatic carbocycles. The Morgan fingerprint density at radius 1 is 0.788 bits per heavy atom. The average Bonchev–Trinajstić information content (AvgIpc) is 3.56. The van der Waals surface area contributed by atoms with Crippen LogP contribution in [0.4, 0.5) is 0 Å². The second-order valence-corrected chi connectivity index (χ2v) is 19.3. The van der Waals surface area contributed by atoms with Gasteiger partial charge in [-0.1, -0.05) is 97.8 Å². The summed E-state index contributed by atoms with van der Waals surface area (Å²) in [6.45, 7) is 0. The Labute approximate surface area is 318 Å². The Hall–Kier alpha value is -3.21. The molecule has 8 aliphatic rings. The minimum Gasteiger partial charge on any atom is -0.312 e. The number of benzene rings is 2. The smallest absolute Gasteiger partial charge is 0.0655 e. The number of thioether (sulfide) groups is 2. The molecule has 3 fully saturated rings. The van der Waals surface area contributed by atoms with Crippen molar-refractivity contribution in [1.29, 1.82) is 0 Å². The fourth-order valence-corrected chi connectivity index (χ4v) is 16.3. The Bertz CT molecular complexity index is 2140. The van der Waals surface area contributed by atoms with Crippen molar-refractivity contribution in [1.82, 2.24) is 4.57 Å². The van der Waals surface area contributed by atoms with E-state index < -0.39 is 0 Å². The molecule has 1 spiro atoms. The molecule has 0 amide bonds. The van der Waals surface area contributed by atoms with Crippen LogP contribution in [-0.2, 0) is 6.42 Å². The number of aliphatic imine (C=N–C) groups is 1. The van der Waals surface area contributed by atoms with Crippen LogP contribution in [0.1, 0.15) is 93.9 Å². The van der Waals surface area contributed by atoms with Gasteiger partial charge in [0.25, 0.3) is 0 Å². The first-order valence-electron chi connectivity index (χ1n) is 20.5. The number of para-hydroxylation sites is 2. The van der Waals surface area contributed by atoms with Crippen LogP contribution in [0.5, 0.6) is 0 Å². The zero-order valence-electron chi connectivity index (χ0n) is 30.3. The van der Waals surface area contributed by atoms with Crippen LogP contribution in [0, 0.1) is 29.1 Å². The van der Waals surface area contributed by atoms with Crippen LogP contribution >= 0.6 is 23.5 Å². The average molecular weight is 719 g/mol. The van der Waals surface area contributed by atoms with Crippen LogP contribution in [0.3, 0.4) is 0 Å². The Kier molecular flexibility index (Phi) is 8.05. The normalized spacial score (nSPS) is 34.7. The first kappa shape index (κ1) is 32.2. The molecule has 3 aliphatic heterocycles. The van der Waals surface area contributed by atoms with E-state index >= 15 is 0 Å². The highest BCUT2D eigenvalue weighted by Gasteiger charge is 2.66. The van der Waals surface area contributed by atoms with Crippen LogP contribution in [0.15, 0.2) is 112 Å². The summed E-state index contributed by atoms with van der Waals surface area (Å²) in [4.78, 5) is 6.74. The topological polar surface area (TPSA) is 17.3 Å². The first-order valence-corrected chi connectivity index (χ1v) is 22.4. The lowest BCUT2D eigenvalue weighted by atomic mass is 9.46. The van der Waals surface area contributed by atoms with Gasteiger partial charge in [0.15, 0.2) is 0 Å². The largest absolute Gasteiger partial charge is 0.312 e. The van der Waals surface area contributed by atoms with Crippen molar-refractivity contribution in [2.45, 2.75) is 99.2 Å². The number of aromatic nitrogens is 1. The van der Waals surface area contributed by atoms with E-state index in [2.05, 4.69) is 131 Å². The fourth-order valence-electron chi connectivity index (χ4n) is 12.5. The maximum absolute atomic E-state index is 4.95. The molecule has 11 rings (SSSR count). The highest BCUT2D eigenvalue weighted by Crippen LogP contribution is 2.73. The van der Waals surface area contributed by atoms with Crippen molar-refractivity contribution in [3.05, 3.63) is 124 Å². The molecule has 0 bridgehead atoms. The fraction of sp³-hybridized carbons (Fsp3) is 0.438. The Morgan fingerprint density at radius 3 is 2.65 bits per heavy atom. The van der Waals surface area contributed by atoms with E-state index in [0.29, 0.717) is 33.7 Å². The van der Waals surface area contributed by atoms with Gasteiger partial charge in [-0.05, 0) is 128 Å². The van der Waals surface area contributed by atoms with Crippen LogP contribution in [0.25, 0.3) is 28.2 Å². The summed E-state index contributed by atoms with van der Waals surface area (Å²) in [5, 5.41) is 3.14. The predicted molar refractivity (Wildman–Crippen MR) is 224 cm³/mol. The molecule has 1 aromatic heterocycles. The molecular weight excluding hydrogens is 669 g/mol. The van der Waals surface area contributed by atoms with Crippen LogP contribution in [-0.4, -0.2) is 26.5 Å². The summed E-state index contributed by atoms with van der Waals surface area (Å²) in [5.41, 5.74) is 11.6. The van der Waals surface area contributed by atoms with Crippen LogP contribution < -0.4 is 0 Å². The number of hydrogen-bond acceptors (Lipinski definition) is 3. The molecule has 4 heterocycles. The van der Waals surface area contributed by atoms with Crippen LogP contribution in [0.2, 0.25) is 0 Å². The van der Waals surface area contributed by atoms with Gasteiger partial charge in [0.05, 0.1) is 11.2 Å². The van der Waals surface area contributed by atoms with E-state index in [1.807, 2.05) is 0 Å². The van der Waals surface area contributed by atoms with E-state index in [0.717, 1.165) is 36.9 Å². The number of fused-ring (bicyclic) bond motifs is 11. The summed E-state index contributed by atoms with van der Waals surface area (Å²) in [5.74, 6) is 2.74. The quantitative estimate of drug-likeness (QED) is 0.268. The Morgan fingerprint density at radius 2 is 1.73 bits per heavy atom. The minimum absolute atomic E-state index is 0.294. The second-order valence-electron chi connectivity index (χ2n) is 16.7. The van der Waals surface area contributed by atoms with Gasteiger partial charge in [-0.25, -0.2) is 0 Å². The molecule has 52 heavy (non-hydrogen) atoms. The Balaban J connectivity index is 1.12. The van der Waals surface area contributed by atoms with Gasteiger partial charge < -0.3 is 4.57 Å². The van der Waals surface area contributed by atoms with E-state index in [4.69, 9.17) is 4.99 Å². The third-order valence-corrected chi connectivity index (χ3v) is 17.5. The van der Waals surface area contributed by atoms with E-state index in [-0.39, 0.29) is 0 Å². The van der Waals surface area contributed by atoms with Gasteiger partial charge in [0.1, 0.15) is 0 Å². The molecule has 2 saturated heterocycles. The van der Waals surface area contributed by atoms with Gasteiger partial charge in [-0.2, -0.15) is 0 Å². The monoisotopic (exact) mass is 718 g/mol. The van der Waals surface area contributed by atoms with Gasteiger partial charge in [-0.3, -0.25) is 4.99 Å². The third kappa shape index (κ3) is 4.81. The van der Waals surface area contributed by atoms with Gasteiger partial charge in [0, 0.05) is 49.9 Å². The first-order chi connectivity index (χ1) is 25.8. The standard InChI is InChI=1S/C48H50N2S2/c1-2-14-32(15-3-1)50-42-24-7-4-16-33(42)34-17-12-18-35(46(34)50)36-19-13-22-40-47(36)52-45-30-31(41-23-10-11-29-49-41)27-28-39(45)48(40)37-20-5-8-25-43(37)51-44-26-9-6-21-38(44)48/h1-4,12,14-19,23,25,27-30,37-40,44-45,47H,5-11,13,20-22,24,26H2. The highest BCUT2D eigenvalue weighted by atomic mass is 32.2. The van der Waals surface area contributed by atoms with Crippen molar-refractivity contribution < 1.29 is 0 Å². The van der Waals surface area contributed by atoms with Crippen molar-refractivity contribution in [2.75, 3.05) is 0 Å². The van der Waals surface area contributed by atoms with Crippen molar-refractivity contribution in [3.63, 3.8) is 0 Å².